The summed E-state index contributed by atoms with van der Waals surface area (Å²) in [6, 6.07) is 10.7. The zero-order valence-electron chi connectivity index (χ0n) is 16.9. The summed E-state index contributed by atoms with van der Waals surface area (Å²) in [5.74, 6) is 0.642. The molecule has 2 N–H and O–H groups in total. The van der Waals surface area contributed by atoms with Gasteiger partial charge in [-0.05, 0) is 43.7 Å². The van der Waals surface area contributed by atoms with Gasteiger partial charge in [0, 0.05) is 18.8 Å². The SMILES string of the molecule is COc1ccc(CNC(=O)c2nc(C(=O)NC(C)C)c3ccccn23)cc1OC. The molecule has 0 aliphatic carbocycles. The van der Waals surface area contributed by atoms with E-state index in [2.05, 4.69) is 15.6 Å². The van der Waals surface area contributed by atoms with Crippen LogP contribution in [0.15, 0.2) is 42.6 Å². The van der Waals surface area contributed by atoms with Crippen molar-refractivity contribution < 1.29 is 19.1 Å². The van der Waals surface area contributed by atoms with E-state index in [1.165, 1.54) is 0 Å². The quantitative estimate of drug-likeness (QED) is 0.640. The van der Waals surface area contributed by atoms with E-state index in [0.29, 0.717) is 17.0 Å². The summed E-state index contributed by atoms with van der Waals surface area (Å²) in [4.78, 5) is 29.6. The van der Waals surface area contributed by atoms with Crippen LogP contribution in [0.4, 0.5) is 0 Å². The number of pyridine rings is 1. The molecule has 3 aromatic rings. The van der Waals surface area contributed by atoms with Gasteiger partial charge in [-0.15, -0.1) is 0 Å². The van der Waals surface area contributed by atoms with Gasteiger partial charge in [-0.3, -0.25) is 14.0 Å². The maximum Gasteiger partial charge on any atom is 0.287 e. The summed E-state index contributed by atoms with van der Waals surface area (Å²) in [6.07, 6.45) is 1.71. The van der Waals surface area contributed by atoms with Crippen LogP contribution in [0.2, 0.25) is 0 Å². The van der Waals surface area contributed by atoms with E-state index in [0.717, 1.165) is 5.56 Å². The molecule has 1 aromatic carbocycles. The van der Waals surface area contributed by atoms with E-state index in [-0.39, 0.29) is 35.9 Å². The molecule has 0 atom stereocenters. The predicted molar refractivity (Wildman–Crippen MR) is 109 cm³/mol. The minimum absolute atomic E-state index is 0.0368. The van der Waals surface area contributed by atoms with Crippen LogP contribution in [-0.4, -0.2) is 41.5 Å². The fourth-order valence-corrected chi connectivity index (χ4v) is 2.95. The number of carbonyl (C=O) groups is 2. The number of nitrogens with zero attached hydrogens (tertiary/aromatic N) is 2. The van der Waals surface area contributed by atoms with Gasteiger partial charge < -0.3 is 20.1 Å². The average Bonchev–Trinajstić information content (AvgIpc) is 3.11. The lowest BCUT2D eigenvalue weighted by molar-refractivity contribution is 0.0939. The number of aromatic nitrogens is 2. The molecule has 2 aromatic heterocycles. The van der Waals surface area contributed by atoms with Crippen molar-refractivity contribution in [2.75, 3.05) is 14.2 Å². The van der Waals surface area contributed by atoms with E-state index < -0.39 is 0 Å². The number of hydrogen-bond acceptors (Lipinski definition) is 5. The highest BCUT2D eigenvalue weighted by molar-refractivity contribution is 6.02. The molecular weight excluding hydrogens is 372 g/mol. The first-order chi connectivity index (χ1) is 13.9. The Balaban J connectivity index is 1.83. The molecular formula is C21H24N4O4. The largest absolute Gasteiger partial charge is 0.493 e. The Kier molecular flexibility index (Phi) is 6.01. The van der Waals surface area contributed by atoms with E-state index in [4.69, 9.17) is 9.47 Å². The van der Waals surface area contributed by atoms with Gasteiger partial charge in [0.05, 0.1) is 19.7 Å². The molecule has 0 saturated heterocycles. The van der Waals surface area contributed by atoms with Crippen molar-refractivity contribution in [1.82, 2.24) is 20.0 Å². The van der Waals surface area contributed by atoms with Crippen LogP contribution in [-0.2, 0) is 6.54 Å². The maximum absolute atomic E-state index is 12.8. The first-order valence-corrected chi connectivity index (χ1v) is 9.21. The van der Waals surface area contributed by atoms with Crippen LogP contribution in [0.1, 0.15) is 40.5 Å². The van der Waals surface area contributed by atoms with Gasteiger partial charge in [0.1, 0.15) is 0 Å². The van der Waals surface area contributed by atoms with Gasteiger partial charge in [-0.25, -0.2) is 4.98 Å². The van der Waals surface area contributed by atoms with Crippen LogP contribution in [0.25, 0.3) is 5.52 Å². The smallest absolute Gasteiger partial charge is 0.287 e. The van der Waals surface area contributed by atoms with Crippen LogP contribution in [0.3, 0.4) is 0 Å². The molecule has 0 aliphatic heterocycles. The fourth-order valence-electron chi connectivity index (χ4n) is 2.95. The molecule has 0 fully saturated rings. The van der Waals surface area contributed by atoms with Crippen molar-refractivity contribution in [3.63, 3.8) is 0 Å². The Bertz CT molecular complexity index is 1040. The normalized spacial score (nSPS) is 10.8. The molecule has 152 valence electrons. The summed E-state index contributed by atoms with van der Waals surface area (Å²) in [6.45, 7) is 4.01. The Labute approximate surface area is 168 Å². The van der Waals surface area contributed by atoms with Crippen molar-refractivity contribution in [2.45, 2.75) is 26.4 Å². The van der Waals surface area contributed by atoms with Crippen LogP contribution in [0, 0.1) is 0 Å². The maximum atomic E-state index is 12.8. The van der Waals surface area contributed by atoms with Gasteiger partial charge in [-0.1, -0.05) is 12.1 Å². The Morgan fingerprint density at radius 2 is 1.83 bits per heavy atom. The van der Waals surface area contributed by atoms with Gasteiger partial charge in [-0.2, -0.15) is 0 Å². The minimum Gasteiger partial charge on any atom is -0.493 e. The molecule has 8 heteroatoms. The average molecular weight is 396 g/mol. The lowest BCUT2D eigenvalue weighted by Crippen LogP contribution is -2.30. The number of ether oxygens (including phenoxy) is 2. The molecule has 0 bridgehead atoms. The van der Waals surface area contributed by atoms with Gasteiger partial charge >= 0.3 is 0 Å². The second-order valence-electron chi connectivity index (χ2n) is 6.74. The van der Waals surface area contributed by atoms with E-state index in [1.807, 2.05) is 19.9 Å². The molecule has 0 aliphatic rings. The standard InChI is InChI=1S/C21H24N4O4/c1-13(2)23-20(26)18-15-7-5-6-10-25(15)19(24-18)21(27)22-12-14-8-9-16(28-3)17(11-14)29-4/h5-11,13H,12H2,1-4H3,(H,22,27)(H,23,26). The topological polar surface area (TPSA) is 94.0 Å². The Hall–Kier alpha value is -3.55. The van der Waals surface area contributed by atoms with Gasteiger partial charge in [0.25, 0.3) is 11.8 Å². The molecule has 2 heterocycles. The number of carbonyl (C=O) groups excluding carboxylic acids is 2. The highest BCUT2D eigenvalue weighted by atomic mass is 16.5. The number of benzene rings is 1. The second-order valence-corrected chi connectivity index (χ2v) is 6.74. The molecule has 2 amide bonds. The molecule has 8 nitrogen and oxygen atoms in total. The molecule has 0 saturated carbocycles. The summed E-state index contributed by atoms with van der Waals surface area (Å²) >= 11 is 0. The highest BCUT2D eigenvalue weighted by Gasteiger charge is 2.21. The fraction of sp³-hybridized carbons (Fsp3) is 0.286. The summed E-state index contributed by atoms with van der Waals surface area (Å²) in [7, 11) is 3.12. The van der Waals surface area contributed by atoms with Gasteiger partial charge in [0.15, 0.2) is 17.2 Å². The summed E-state index contributed by atoms with van der Waals surface area (Å²) in [5.41, 5.74) is 1.63. The van der Waals surface area contributed by atoms with E-state index >= 15 is 0 Å². The van der Waals surface area contributed by atoms with Crippen molar-refractivity contribution in [2.24, 2.45) is 0 Å². The van der Waals surface area contributed by atoms with Crippen molar-refractivity contribution >= 4 is 17.3 Å². The number of rotatable bonds is 7. The number of amides is 2. The van der Waals surface area contributed by atoms with Gasteiger partial charge in [0.2, 0.25) is 5.82 Å². The molecule has 0 spiro atoms. The first kappa shape index (κ1) is 20.2. The zero-order valence-corrected chi connectivity index (χ0v) is 16.9. The summed E-state index contributed by atoms with van der Waals surface area (Å²) < 4.78 is 12.1. The third kappa shape index (κ3) is 4.31. The minimum atomic E-state index is -0.385. The number of fused-ring (bicyclic) bond motifs is 1. The third-order valence-corrected chi connectivity index (χ3v) is 4.29. The van der Waals surface area contributed by atoms with Crippen LogP contribution in [0.5, 0.6) is 11.5 Å². The third-order valence-electron chi connectivity index (χ3n) is 4.29. The highest BCUT2D eigenvalue weighted by Crippen LogP contribution is 2.27. The number of nitrogens with one attached hydrogen (secondary N) is 2. The van der Waals surface area contributed by atoms with Crippen LogP contribution >= 0.6 is 0 Å². The zero-order chi connectivity index (χ0) is 21.0. The number of imidazole rings is 1. The molecule has 0 unspecified atom stereocenters. The van der Waals surface area contributed by atoms with Crippen molar-refractivity contribution in [3.05, 3.63) is 59.7 Å². The van der Waals surface area contributed by atoms with Crippen molar-refractivity contribution in [3.8, 4) is 11.5 Å². The first-order valence-electron chi connectivity index (χ1n) is 9.21. The molecule has 29 heavy (non-hydrogen) atoms. The Morgan fingerprint density at radius 1 is 1.07 bits per heavy atom. The van der Waals surface area contributed by atoms with E-state index in [1.54, 1.807) is 55.1 Å². The molecule has 3 rings (SSSR count). The number of hydrogen-bond donors (Lipinski definition) is 2. The monoisotopic (exact) mass is 396 g/mol. The Morgan fingerprint density at radius 3 is 2.52 bits per heavy atom. The predicted octanol–water partition coefficient (Wildman–Crippen LogP) is 2.42. The second kappa shape index (κ2) is 8.64. The lowest BCUT2D eigenvalue weighted by atomic mass is 10.2. The van der Waals surface area contributed by atoms with Crippen molar-refractivity contribution in [1.29, 1.82) is 0 Å². The summed E-state index contributed by atoms with van der Waals surface area (Å²) in [5, 5.41) is 5.65. The van der Waals surface area contributed by atoms with E-state index in [9.17, 15) is 9.59 Å². The van der Waals surface area contributed by atoms with Crippen LogP contribution < -0.4 is 20.1 Å². The molecule has 0 radical (unpaired) electrons. The lowest BCUT2D eigenvalue weighted by Gasteiger charge is -2.10. The number of methoxy groups -OCH3 is 2.